The van der Waals surface area contributed by atoms with Gasteiger partial charge in [-0.3, -0.25) is 9.59 Å². The van der Waals surface area contributed by atoms with Crippen LogP contribution in [-0.4, -0.2) is 118 Å². The summed E-state index contributed by atoms with van der Waals surface area (Å²) in [4.78, 5) is 23.0. The van der Waals surface area contributed by atoms with Crippen LogP contribution in [0.2, 0.25) is 0 Å². The van der Waals surface area contributed by atoms with Gasteiger partial charge in [0.1, 0.15) is 6.61 Å². The van der Waals surface area contributed by atoms with Gasteiger partial charge in [-0.15, -0.1) is 0 Å². The maximum Gasteiger partial charge on any atom is 0.308 e. The molecule has 0 aromatic rings. The summed E-state index contributed by atoms with van der Waals surface area (Å²) in [6, 6.07) is 0. The number of unbranched alkanes of at least 4 members (excludes halogenated alkanes) is 12. The lowest BCUT2D eigenvalue weighted by Gasteiger charge is -2.09. The Hall–Kier alpha value is -1.34. The third-order valence-corrected chi connectivity index (χ3v) is 6.96. The Kier molecular flexibility index (Phi) is 38.7. The number of rotatable bonds is 39. The summed E-state index contributed by atoms with van der Waals surface area (Å²) >= 11 is 0. The number of hydrogen-bond donors (Lipinski definition) is 0. The van der Waals surface area contributed by atoms with Crippen LogP contribution >= 0.6 is 0 Å². The van der Waals surface area contributed by atoms with Crippen molar-refractivity contribution < 1.29 is 52.2 Å². The fourth-order valence-electron chi connectivity index (χ4n) is 4.38. The van der Waals surface area contributed by atoms with Crippen molar-refractivity contribution in [2.45, 2.75) is 110 Å². The topological polar surface area (TPSA) is 117 Å². The zero-order valence-electron chi connectivity index (χ0n) is 29.4. The molecule has 46 heavy (non-hydrogen) atoms. The van der Waals surface area contributed by atoms with Gasteiger partial charge in [-0.1, -0.05) is 84.0 Å². The molecule has 0 aliphatic rings. The predicted molar refractivity (Wildman–Crippen MR) is 178 cm³/mol. The number of hydrogen-bond acceptors (Lipinski definition) is 11. The van der Waals surface area contributed by atoms with E-state index in [0.29, 0.717) is 106 Å². The normalized spacial score (nSPS) is 11.3. The molecule has 0 spiro atoms. The summed E-state index contributed by atoms with van der Waals surface area (Å²) in [5, 5.41) is 0. The Morgan fingerprint density at radius 1 is 0.326 bits per heavy atom. The molecule has 11 nitrogen and oxygen atoms in total. The van der Waals surface area contributed by atoms with Gasteiger partial charge >= 0.3 is 11.9 Å². The van der Waals surface area contributed by atoms with Gasteiger partial charge in [0.15, 0.2) is 0 Å². The van der Waals surface area contributed by atoms with Crippen LogP contribution in [0.1, 0.15) is 110 Å². The van der Waals surface area contributed by atoms with Crippen LogP contribution in [0.3, 0.4) is 0 Å². The lowest BCUT2D eigenvalue weighted by atomic mass is 10.0. The molecule has 0 saturated heterocycles. The second kappa shape index (κ2) is 39.8. The lowest BCUT2D eigenvalue weighted by Crippen LogP contribution is -2.15. The van der Waals surface area contributed by atoms with E-state index in [1.165, 1.54) is 70.6 Å². The molecular weight excluding hydrogens is 596 g/mol. The molecule has 0 saturated carbocycles. The Bertz CT molecular complexity index is 621. The molecule has 0 aliphatic carbocycles. The first kappa shape index (κ1) is 44.7. The van der Waals surface area contributed by atoms with Crippen molar-refractivity contribution in [2.75, 3.05) is 106 Å². The second-order valence-electron chi connectivity index (χ2n) is 11.1. The van der Waals surface area contributed by atoms with E-state index < -0.39 is 0 Å². The monoisotopic (exact) mass is 664 g/mol. The van der Waals surface area contributed by atoms with Gasteiger partial charge in [-0.25, -0.2) is 0 Å². The summed E-state index contributed by atoms with van der Waals surface area (Å²) in [6.07, 6.45) is 17.6. The zero-order valence-corrected chi connectivity index (χ0v) is 29.4. The summed E-state index contributed by atoms with van der Waals surface area (Å²) in [5.74, 6) is -0.384. The average Bonchev–Trinajstić information content (AvgIpc) is 3.05. The van der Waals surface area contributed by atoms with Crippen molar-refractivity contribution in [2.24, 2.45) is 0 Å². The van der Waals surface area contributed by atoms with Crippen LogP contribution < -0.4 is 0 Å². The molecule has 0 radical (unpaired) electrons. The van der Waals surface area contributed by atoms with E-state index in [9.17, 15) is 9.59 Å². The molecule has 0 N–H and O–H groups in total. The van der Waals surface area contributed by atoms with Crippen LogP contribution in [0.5, 0.6) is 0 Å². The largest absolute Gasteiger partial charge is 0.466 e. The molecule has 0 fully saturated rings. The third kappa shape index (κ3) is 38.8. The minimum Gasteiger partial charge on any atom is -0.466 e. The highest BCUT2D eigenvalue weighted by molar-refractivity contribution is 5.69. The Morgan fingerprint density at radius 3 is 1.00 bits per heavy atom. The summed E-state index contributed by atoms with van der Waals surface area (Å²) in [6.45, 7) is 11.1. The van der Waals surface area contributed by atoms with Gasteiger partial charge in [0, 0.05) is 6.42 Å². The summed E-state index contributed by atoms with van der Waals surface area (Å²) in [5.41, 5.74) is 0. The van der Waals surface area contributed by atoms with Crippen molar-refractivity contribution in [3.63, 3.8) is 0 Å². The van der Waals surface area contributed by atoms with E-state index in [-0.39, 0.29) is 25.0 Å². The summed E-state index contributed by atoms with van der Waals surface area (Å²) in [7, 11) is 0. The molecular formula is C35H68O11. The minimum atomic E-state index is -0.250. The quantitative estimate of drug-likeness (QED) is 0.0562. The van der Waals surface area contributed by atoms with Crippen molar-refractivity contribution in [3.8, 4) is 0 Å². The molecule has 0 rings (SSSR count). The molecule has 0 heterocycles. The van der Waals surface area contributed by atoms with Gasteiger partial charge in [-0.2, -0.15) is 0 Å². The highest BCUT2D eigenvalue weighted by Gasteiger charge is 2.03. The van der Waals surface area contributed by atoms with E-state index in [2.05, 4.69) is 6.92 Å². The highest BCUT2D eigenvalue weighted by atomic mass is 16.6. The molecule has 11 heteroatoms. The van der Waals surface area contributed by atoms with Gasteiger partial charge in [0.2, 0.25) is 0 Å². The van der Waals surface area contributed by atoms with Crippen molar-refractivity contribution in [3.05, 3.63) is 0 Å². The Labute approximate surface area is 279 Å². The molecule has 0 amide bonds. The molecule has 0 aromatic carbocycles. The van der Waals surface area contributed by atoms with E-state index in [1.54, 1.807) is 6.92 Å². The standard InChI is InChI=1S/C35H68O11/c1-3-5-6-7-8-9-10-11-12-13-14-15-16-17-34(36)46-33-32-44-31-30-43-29-28-42-27-26-41-25-24-40-23-22-39-21-20-38-19-18-35(37)45-4-2/h3-33H2,1-2H3. The Morgan fingerprint density at radius 2 is 0.630 bits per heavy atom. The fourth-order valence-corrected chi connectivity index (χ4v) is 4.38. The van der Waals surface area contributed by atoms with Crippen LogP contribution in [0.15, 0.2) is 0 Å². The first-order valence-electron chi connectivity index (χ1n) is 18.1. The first-order valence-corrected chi connectivity index (χ1v) is 18.1. The zero-order chi connectivity index (χ0) is 33.4. The highest BCUT2D eigenvalue weighted by Crippen LogP contribution is 2.13. The fraction of sp³-hybridized carbons (Fsp3) is 0.943. The molecule has 0 bridgehead atoms. The molecule has 274 valence electrons. The van der Waals surface area contributed by atoms with Crippen LogP contribution in [0.25, 0.3) is 0 Å². The van der Waals surface area contributed by atoms with Crippen LogP contribution in [0.4, 0.5) is 0 Å². The molecule has 0 aliphatic heterocycles. The van der Waals surface area contributed by atoms with Crippen LogP contribution in [0, 0.1) is 0 Å². The second-order valence-corrected chi connectivity index (χ2v) is 11.1. The maximum atomic E-state index is 11.8. The minimum absolute atomic E-state index is 0.134. The molecule has 0 unspecified atom stereocenters. The van der Waals surface area contributed by atoms with Crippen molar-refractivity contribution in [1.29, 1.82) is 0 Å². The van der Waals surface area contributed by atoms with Crippen molar-refractivity contribution >= 4 is 11.9 Å². The average molecular weight is 665 g/mol. The van der Waals surface area contributed by atoms with E-state index in [4.69, 9.17) is 42.6 Å². The van der Waals surface area contributed by atoms with Gasteiger partial charge < -0.3 is 42.6 Å². The molecule has 0 atom stereocenters. The first-order chi connectivity index (χ1) is 22.7. The van der Waals surface area contributed by atoms with E-state index in [1.807, 2.05) is 0 Å². The van der Waals surface area contributed by atoms with Gasteiger partial charge in [-0.05, 0) is 13.3 Å². The van der Waals surface area contributed by atoms with Crippen molar-refractivity contribution in [1.82, 2.24) is 0 Å². The van der Waals surface area contributed by atoms with E-state index in [0.717, 1.165) is 12.8 Å². The number of esters is 2. The summed E-state index contributed by atoms with van der Waals surface area (Å²) < 4.78 is 48.0. The lowest BCUT2D eigenvalue weighted by molar-refractivity contribution is -0.146. The maximum absolute atomic E-state index is 11.8. The predicted octanol–water partition coefficient (Wildman–Crippen LogP) is 6.08. The van der Waals surface area contributed by atoms with Crippen LogP contribution in [-0.2, 0) is 52.2 Å². The number of carbonyl (C=O) groups is 2. The third-order valence-electron chi connectivity index (χ3n) is 6.96. The Balaban J connectivity index is 3.15. The smallest absolute Gasteiger partial charge is 0.308 e. The number of carbonyl (C=O) groups excluding carboxylic acids is 2. The van der Waals surface area contributed by atoms with E-state index >= 15 is 0 Å². The molecule has 0 aromatic heterocycles. The SMILES string of the molecule is CCCCCCCCCCCCCCCC(=O)OCCOCCOCCOCCOCCOCCOCCOCCC(=O)OCC. The van der Waals surface area contributed by atoms with Gasteiger partial charge in [0.05, 0.1) is 106 Å². The van der Waals surface area contributed by atoms with Gasteiger partial charge in [0.25, 0.3) is 0 Å². The number of ether oxygens (including phenoxy) is 9.